The summed E-state index contributed by atoms with van der Waals surface area (Å²) in [6.07, 6.45) is 1.25. The number of aryl methyl sites for hydroxylation is 1. The van der Waals surface area contributed by atoms with Gasteiger partial charge in [0.1, 0.15) is 6.33 Å². The maximum Gasteiger partial charge on any atom is 0.352 e. The Balaban J connectivity index is 3.50. The van der Waals surface area contributed by atoms with Gasteiger partial charge in [0.15, 0.2) is 0 Å². The molecular formula is C6H9N3O2. The van der Waals surface area contributed by atoms with E-state index in [-0.39, 0.29) is 5.69 Å². The first-order valence-electron chi connectivity index (χ1n) is 3.29. The molecular weight excluding hydrogens is 146 g/mol. The molecule has 0 aliphatic carbocycles. The van der Waals surface area contributed by atoms with Gasteiger partial charge in [0.25, 0.3) is 0 Å². The fourth-order valence-electron chi connectivity index (χ4n) is 0.746. The average Bonchev–Trinajstić information content (AvgIpc) is 2.01. The second-order valence-electron chi connectivity index (χ2n) is 2.15. The molecule has 1 aromatic rings. The van der Waals surface area contributed by atoms with Crippen LogP contribution in [0.15, 0.2) is 15.9 Å². The van der Waals surface area contributed by atoms with Crippen LogP contribution in [0.1, 0.15) is 6.92 Å². The summed E-state index contributed by atoms with van der Waals surface area (Å²) < 4.78 is 2.34. The maximum atomic E-state index is 11.1. The van der Waals surface area contributed by atoms with Crippen LogP contribution in [0.3, 0.4) is 0 Å². The lowest BCUT2D eigenvalue weighted by atomic mass is 10.7. The highest BCUT2D eigenvalue weighted by Crippen LogP contribution is 1.70. The third kappa shape index (κ3) is 1.21. The molecule has 1 rings (SSSR count). The zero-order chi connectivity index (χ0) is 8.43. The zero-order valence-electron chi connectivity index (χ0n) is 6.44. The predicted octanol–water partition coefficient (Wildman–Crippen LogP) is -1.04. The van der Waals surface area contributed by atoms with Crippen molar-refractivity contribution in [3.63, 3.8) is 0 Å². The van der Waals surface area contributed by atoms with Gasteiger partial charge < -0.3 is 0 Å². The Morgan fingerprint density at radius 3 is 2.73 bits per heavy atom. The Kier molecular flexibility index (Phi) is 1.89. The highest BCUT2D eigenvalue weighted by molar-refractivity contribution is 4.69. The quantitative estimate of drug-likeness (QED) is 0.520. The summed E-state index contributed by atoms with van der Waals surface area (Å²) in [5, 5.41) is 0. The van der Waals surface area contributed by atoms with E-state index in [0.29, 0.717) is 6.54 Å². The molecule has 11 heavy (non-hydrogen) atoms. The standard InChI is InChI=1S/C6H9N3O2/c1-3-9-4-7-5(10)8(2)6(9)11/h4H,3H2,1-2H3. The Morgan fingerprint density at radius 1 is 1.55 bits per heavy atom. The summed E-state index contributed by atoms with van der Waals surface area (Å²) in [4.78, 5) is 25.3. The molecule has 5 heteroatoms. The van der Waals surface area contributed by atoms with Gasteiger partial charge in [-0.15, -0.1) is 0 Å². The summed E-state index contributed by atoms with van der Waals surface area (Å²) in [5.41, 5.74) is -0.841. The molecule has 0 aliphatic rings. The number of aromatic nitrogens is 3. The lowest BCUT2D eigenvalue weighted by Crippen LogP contribution is -2.38. The molecule has 5 nitrogen and oxygen atoms in total. The van der Waals surface area contributed by atoms with Crippen LogP contribution >= 0.6 is 0 Å². The second kappa shape index (κ2) is 2.69. The van der Waals surface area contributed by atoms with Crippen LogP contribution < -0.4 is 11.4 Å². The SMILES string of the molecule is CCn1cnc(=O)n(C)c1=O. The minimum atomic E-state index is -0.514. The van der Waals surface area contributed by atoms with E-state index >= 15 is 0 Å². The van der Waals surface area contributed by atoms with E-state index in [1.54, 1.807) is 0 Å². The normalized spacial score (nSPS) is 10.0. The lowest BCUT2D eigenvalue weighted by molar-refractivity contribution is 0.597. The van der Waals surface area contributed by atoms with Gasteiger partial charge in [0.05, 0.1) is 0 Å². The molecule has 1 aromatic heterocycles. The molecule has 0 saturated heterocycles. The first-order chi connectivity index (χ1) is 5.16. The summed E-state index contributed by atoms with van der Waals surface area (Å²) in [5.74, 6) is 0. The molecule has 0 fully saturated rings. The largest absolute Gasteiger partial charge is 0.352 e. The van der Waals surface area contributed by atoms with Crippen molar-refractivity contribution in [3.05, 3.63) is 27.3 Å². The van der Waals surface area contributed by atoms with Crippen molar-refractivity contribution in [1.82, 2.24) is 14.1 Å². The van der Waals surface area contributed by atoms with Crippen molar-refractivity contribution in [1.29, 1.82) is 0 Å². The molecule has 60 valence electrons. The van der Waals surface area contributed by atoms with E-state index in [2.05, 4.69) is 4.98 Å². The summed E-state index contributed by atoms with van der Waals surface area (Å²) >= 11 is 0. The van der Waals surface area contributed by atoms with E-state index in [4.69, 9.17) is 0 Å². The number of hydrogen-bond acceptors (Lipinski definition) is 3. The lowest BCUT2D eigenvalue weighted by Gasteiger charge is -2.00. The monoisotopic (exact) mass is 155 g/mol. The number of nitrogens with zero attached hydrogens (tertiary/aromatic N) is 3. The fraction of sp³-hybridized carbons (Fsp3) is 0.500. The predicted molar refractivity (Wildman–Crippen MR) is 39.4 cm³/mol. The van der Waals surface area contributed by atoms with Crippen LogP contribution in [0.25, 0.3) is 0 Å². The molecule has 0 bridgehead atoms. The smallest absolute Gasteiger partial charge is 0.284 e. The first-order valence-corrected chi connectivity index (χ1v) is 3.29. The van der Waals surface area contributed by atoms with E-state index in [0.717, 1.165) is 4.57 Å². The Morgan fingerprint density at radius 2 is 2.18 bits per heavy atom. The maximum absolute atomic E-state index is 11.1. The summed E-state index contributed by atoms with van der Waals surface area (Å²) in [6, 6.07) is 0. The molecule has 0 atom stereocenters. The Bertz CT molecular complexity index is 363. The van der Waals surface area contributed by atoms with Crippen LogP contribution in [0, 0.1) is 0 Å². The van der Waals surface area contributed by atoms with E-state index in [1.807, 2.05) is 6.92 Å². The molecule has 0 spiro atoms. The minimum Gasteiger partial charge on any atom is -0.284 e. The Hall–Kier alpha value is -1.39. The molecule has 0 aromatic carbocycles. The van der Waals surface area contributed by atoms with Gasteiger partial charge >= 0.3 is 11.4 Å². The van der Waals surface area contributed by atoms with Gasteiger partial charge in [-0.05, 0) is 6.92 Å². The second-order valence-corrected chi connectivity index (χ2v) is 2.15. The molecule has 0 unspecified atom stereocenters. The molecule has 0 saturated carbocycles. The van der Waals surface area contributed by atoms with Gasteiger partial charge in [-0.1, -0.05) is 0 Å². The third-order valence-electron chi connectivity index (χ3n) is 1.47. The van der Waals surface area contributed by atoms with E-state index in [9.17, 15) is 9.59 Å². The van der Waals surface area contributed by atoms with Gasteiger partial charge in [0, 0.05) is 13.6 Å². The highest BCUT2D eigenvalue weighted by Gasteiger charge is 1.97. The minimum absolute atomic E-state index is 0.326. The van der Waals surface area contributed by atoms with Crippen molar-refractivity contribution >= 4 is 0 Å². The van der Waals surface area contributed by atoms with Crippen LogP contribution in [-0.4, -0.2) is 14.1 Å². The van der Waals surface area contributed by atoms with Gasteiger partial charge in [0.2, 0.25) is 0 Å². The van der Waals surface area contributed by atoms with Crippen molar-refractivity contribution in [2.24, 2.45) is 7.05 Å². The van der Waals surface area contributed by atoms with E-state index < -0.39 is 5.69 Å². The fourth-order valence-corrected chi connectivity index (χ4v) is 0.746. The first kappa shape index (κ1) is 7.71. The summed E-state index contributed by atoms with van der Waals surface area (Å²) in [7, 11) is 1.41. The van der Waals surface area contributed by atoms with Crippen molar-refractivity contribution in [2.45, 2.75) is 13.5 Å². The molecule has 1 heterocycles. The molecule has 0 radical (unpaired) electrons. The van der Waals surface area contributed by atoms with Gasteiger partial charge in [-0.3, -0.25) is 4.57 Å². The van der Waals surface area contributed by atoms with Crippen molar-refractivity contribution in [3.8, 4) is 0 Å². The number of hydrogen-bond donors (Lipinski definition) is 0. The van der Waals surface area contributed by atoms with Crippen molar-refractivity contribution < 1.29 is 0 Å². The van der Waals surface area contributed by atoms with Gasteiger partial charge in [-0.25, -0.2) is 14.2 Å². The molecule has 0 aliphatic heterocycles. The van der Waals surface area contributed by atoms with Crippen LogP contribution in [0.5, 0.6) is 0 Å². The average molecular weight is 155 g/mol. The summed E-state index contributed by atoms with van der Waals surface area (Å²) in [6.45, 7) is 2.34. The van der Waals surface area contributed by atoms with Crippen LogP contribution in [-0.2, 0) is 13.6 Å². The van der Waals surface area contributed by atoms with Crippen LogP contribution in [0.4, 0.5) is 0 Å². The van der Waals surface area contributed by atoms with Crippen LogP contribution in [0.2, 0.25) is 0 Å². The topological polar surface area (TPSA) is 56.9 Å². The molecule has 0 amide bonds. The molecule has 0 N–H and O–H groups in total. The van der Waals surface area contributed by atoms with E-state index in [1.165, 1.54) is 17.9 Å². The van der Waals surface area contributed by atoms with Crippen molar-refractivity contribution in [2.75, 3.05) is 0 Å². The number of rotatable bonds is 1. The zero-order valence-corrected chi connectivity index (χ0v) is 6.44. The highest BCUT2D eigenvalue weighted by atomic mass is 16.2. The van der Waals surface area contributed by atoms with Gasteiger partial charge in [-0.2, -0.15) is 4.98 Å². The Labute approximate surface area is 62.9 Å². The third-order valence-corrected chi connectivity index (χ3v) is 1.47.